The summed E-state index contributed by atoms with van der Waals surface area (Å²) in [5.41, 5.74) is 12.5. The van der Waals surface area contributed by atoms with E-state index in [0.29, 0.717) is 29.9 Å². The van der Waals surface area contributed by atoms with Gasteiger partial charge in [-0.15, -0.1) is 0 Å². The number of carbonyl (C=O) groups is 1. The van der Waals surface area contributed by atoms with Crippen molar-refractivity contribution in [2.45, 2.75) is 6.42 Å². The predicted octanol–water partition coefficient (Wildman–Crippen LogP) is 0.162. The number of amides is 1. The topological polar surface area (TPSA) is 101 Å². The number of nitrogens with two attached hydrogens (primary N) is 2. The number of primary amides is 1. The molecule has 0 heterocycles. The predicted molar refractivity (Wildman–Crippen MR) is 59.6 cm³/mol. The Hall–Kier alpha value is -1.75. The van der Waals surface area contributed by atoms with Crippen LogP contribution in [0.5, 0.6) is 0 Å². The van der Waals surface area contributed by atoms with Gasteiger partial charge in [0.2, 0.25) is 5.91 Å². The summed E-state index contributed by atoms with van der Waals surface area (Å²) in [5, 5.41) is 11.6. The minimum Gasteiger partial charge on any atom is -0.397 e. The first kappa shape index (κ1) is 11.3. The van der Waals surface area contributed by atoms with E-state index < -0.39 is 5.91 Å². The average Bonchev–Trinajstić information content (AvgIpc) is 2.20. The van der Waals surface area contributed by atoms with Gasteiger partial charge in [-0.25, -0.2) is 0 Å². The molecule has 0 radical (unpaired) electrons. The fourth-order valence-corrected chi connectivity index (χ4v) is 1.16. The van der Waals surface area contributed by atoms with Crippen LogP contribution in [0.15, 0.2) is 18.2 Å². The van der Waals surface area contributed by atoms with Gasteiger partial charge >= 0.3 is 0 Å². The lowest BCUT2D eigenvalue weighted by Gasteiger charge is -2.09. The van der Waals surface area contributed by atoms with Crippen molar-refractivity contribution in [1.29, 1.82) is 0 Å². The van der Waals surface area contributed by atoms with Gasteiger partial charge < -0.3 is 21.9 Å². The van der Waals surface area contributed by atoms with E-state index in [1.807, 2.05) is 0 Å². The number of nitrogens with one attached hydrogen (secondary N) is 1. The zero-order valence-corrected chi connectivity index (χ0v) is 8.36. The molecule has 1 amide bonds. The lowest BCUT2D eigenvalue weighted by atomic mass is 10.1. The average molecular weight is 209 g/mol. The number of anilines is 2. The molecule has 0 saturated heterocycles. The number of carbonyl (C=O) groups excluding carboxylic acids is 1. The molecule has 0 aliphatic heterocycles. The number of aliphatic hydroxyl groups excluding tert-OH is 1. The highest BCUT2D eigenvalue weighted by Gasteiger charge is 2.04. The SMILES string of the molecule is NC(=O)c1ccc(N)c(NCCCO)c1. The summed E-state index contributed by atoms with van der Waals surface area (Å²) >= 11 is 0. The summed E-state index contributed by atoms with van der Waals surface area (Å²) in [6.45, 7) is 0.714. The van der Waals surface area contributed by atoms with Crippen molar-refractivity contribution in [2.24, 2.45) is 5.73 Å². The summed E-state index contributed by atoms with van der Waals surface area (Å²) in [6, 6.07) is 4.81. The molecule has 6 N–H and O–H groups in total. The van der Waals surface area contributed by atoms with E-state index >= 15 is 0 Å². The monoisotopic (exact) mass is 209 g/mol. The highest BCUT2D eigenvalue weighted by Crippen LogP contribution is 2.19. The highest BCUT2D eigenvalue weighted by molar-refractivity contribution is 5.94. The zero-order valence-electron chi connectivity index (χ0n) is 8.36. The van der Waals surface area contributed by atoms with Crippen LogP contribution in [-0.2, 0) is 0 Å². The molecule has 82 valence electrons. The molecule has 1 rings (SSSR count). The van der Waals surface area contributed by atoms with E-state index in [1.165, 1.54) is 0 Å². The van der Waals surface area contributed by atoms with E-state index in [2.05, 4.69) is 5.32 Å². The van der Waals surface area contributed by atoms with E-state index in [0.717, 1.165) is 0 Å². The third kappa shape index (κ3) is 3.14. The van der Waals surface area contributed by atoms with Crippen LogP contribution in [0, 0.1) is 0 Å². The molecule has 0 atom stereocenters. The molecule has 5 heteroatoms. The maximum absolute atomic E-state index is 10.9. The quantitative estimate of drug-likeness (QED) is 0.410. The van der Waals surface area contributed by atoms with Gasteiger partial charge in [0.15, 0.2) is 0 Å². The Morgan fingerprint density at radius 3 is 2.80 bits per heavy atom. The van der Waals surface area contributed by atoms with E-state index in [9.17, 15) is 4.79 Å². The second-order valence-corrected chi connectivity index (χ2v) is 3.17. The van der Waals surface area contributed by atoms with Crippen LogP contribution in [0.4, 0.5) is 11.4 Å². The second kappa shape index (κ2) is 5.21. The minimum absolute atomic E-state index is 0.114. The lowest BCUT2D eigenvalue weighted by molar-refractivity contribution is 0.100. The van der Waals surface area contributed by atoms with Gasteiger partial charge in [-0.1, -0.05) is 0 Å². The van der Waals surface area contributed by atoms with Gasteiger partial charge in [0, 0.05) is 18.7 Å². The Morgan fingerprint density at radius 1 is 1.47 bits per heavy atom. The molecular weight excluding hydrogens is 194 g/mol. The number of hydrogen-bond acceptors (Lipinski definition) is 4. The van der Waals surface area contributed by atoms with Crippen LogP contribution < -0.4 is 16.8 Å². The van der Waals surface area contributed by atoms with Crippen LogP contribution in [0.1, 0.15) is 16.8 Å². The maximum atomic E-state index is 10.9. The Kier molecular flexibility index (Phi) is 3.93. The van der Waals surface area contributed by atoms with Gasteiger partial charge in [-0.3, -0.25) is 4.79 Å². The van der Waals surface area contributed by atoms with E-state index in [-0.39, 0.29) is 6.61 Å². The molecule has 5 nitrogen and oxygen atoms in total. The Bertz CT molecular complexity index is 353. The highest BCUT2D eigenvalue weighted by atomic mass is 16.3. The van der Waals surface area contributed by atoms with Crippen molar-refractivity contribution < 1.29 is 9.90 Å². The Morgan fingerprint density at radius 2 is 2.20 bits per heavy atom. The molecule has 0 aliphatic carbocycles. The summed E-state index contributed by atoms with van der Waals surface area (Å²) < 4.78 is 0. The smallest absolute Gasteiger partial charge is 0.248 e. The third-order valence-corrected chi connectivity index (χ3v) is 1.99. The normalized spacial score (nSPS) is 9.93. The van der Waals surface area contributed by atoms with Gasteiger partial charge in [-0.2, -0.15) is 0 Å². The van der Waals surface area contributed by atoms with E-state index in [1.54, 1.807) is 18.2 Å². The van der Waals surface area contributed by atoms with Crippen LogP contribution in [-0.4, -0.2) is 24.2 Å². The first-order valence-corrected chi connectivity index (χ1v) is 4.69. The van der Waals surface area contributed by atoms with Crippen LogP contribution in [0.3, 0.4) is 0 Å². The summed E-state index contributed by atoms with van der Waals surface area (Å²) in [5.74, 6) is -0.486. The maximum Gasteiger partial charge on any atom is 0.248 e. The van der Waals surface area contributed by atoms with Gasteiger partial charge in [0.25, 0.3) is 0 Å². The van der Waals surface area contributed by atoms with E-state index in [4.69, 9.17) is 16.6 Å². The molecule has 1 aromatic rings. The molecule has 0 saturated carbocycles. The van der Waals surface area contributed by atoms with Crippen molar-refractivity contribution in [2.75, 3.05) is 24.2 Å². The van der Waals surface area contributed by atoms with Crippen molar-refractivity contribution >= 4 is 17.3 Å². The number of nitrogen functional groups attached to an aromatic ring is 1. The van der Waals surface area contributed by atoms with Gasteiger partial charge in [-0.05, 0) is 24.6 Å². The number of hydrogen-bond donors (Lipinski definition) is 4. The second-order valence-electron chi connectivity index (χ2n) is 3.17. The summed E-state index contributed by atoms with van der Waals surface area (Å²) in [7, 11) is 0. The largest absolute Gasteiger partial charge is 0.397 e. The number of rotatable bonds is 5. The molecule has 0 spiro atoms. The molecular formula is C10H15N3O2. The molecule has 0 aromatic heterocycles. The van der Waals surface area contributed by atoms with Crippen LogP contribution >= 0.6 is 0 Å². The molecule has 15 heavy (non-hydrogen) atoms. The molecule has 0 fully saturated rings. The number of aliphatic hydroxyl groups is 1. The molecule has 0 aliphatic rings. The zero-order chi connectivity index (χ0) is 11.3. The standard InChI is InChI=1S/C10H15N3O2/c11-8-3-2-7(10(12)15)6-9(8)13-4-1-5-14/h2-3,6,13-14H,1,4-5,11H2,(H2,12,15). The summed E-state index contributed by atoms with van der Waals surface area (Å²) in [6.07, 6.45) is 0.625. The first-order chi connectivity index (χ1) is 7.15. The van der Waals surface area contributed by atoms with Crippen molar-refractivity contribution in [3.8, 4) is 0 Å². The van der Waals surface area contributed by atoms with Crippen LogP contribution in [0.2, 0.25) is 0 Å². The van der Waals surface area contributed by atoms with Crippen molar-refractivity contribution in [1.82, 2.24) is 0 Å². The summed E-state index contributed by atoms with van der Waals surface area (Å²) in [4.78, 5) is 10.9. The van der Waals surface area contributed by atoms with Gasteiger partial charge in [0.1, 0.15) is 0 Å². The van der Waals surface area contributed by atoms with Crippen molar-refractivity contribution in [3.05, 3.63) is 23.8 Å². The fraction of sp³-hybridized carbons (Fsp3) is 0.300. The Labute approximate surface area is 88.1 Å². The fourth-order valence-electron chi connectivity index (χ4n) is 1.16. The Balaban J connectivity index is 2.76. The lowest BCUT2D eigenvalue weighted by Crippen LogP contribution is -2.12. The van der Waals surface area contributed by atoms with Crippen LogP contribution in [0.25, 0.3) is 0 Å². The molecule has 0 bridgehead atoms. The first-order valence-electron chi connectivity index (χ1n) is 4.69. The third-order valence-electron chi connectivity index (χ3n) is 1.99. The number of benzene rings is 1. The minimum atomic E-state index is -0.486. The molecule has 1 aromatic carbocycles. The van der Waals surface area contributed by atoms with Gasteiger partial charge in [0.05, 0.1) is 11.4 Å². The van der Waals surface area contributed by atoms with Crippen molar-refractivity contribution in [3.63, 3.8) is 0 Å². The molecule has 0 unspecified atom stereocenters.